The molecule has 3 aromatic rings. The van der Waals surface area contributed by atoms with Crippen molar-refractivity contribution in [1.29, 1.82) is 0 Å². The summed E-state index contributed by atoms with van der Waals surface area (Å²) in [7, 11) is 0. The van der Waals surface area contributed by atoms with Crippen molar-refractivity contribution in [3.05, 3.63) is 82.5 Å². The number of carbonyl (C=O) groups is 1. The zero-order chi connectivity index (χ0) is 20.8. The Morgan fingerprint density at radius 3 is 2.24 bits per heavy atom. The molecule has 0 fully saturated rings. The Morgan fingerprint density at radius 1 is 1.10 bits per heavy atom. The molecule has 3 rings (SSSR count). The highest BCUT2D eigenvalue weighted by molar-refractivity contribution is 5.73. The van der Waals surface area contributed by atoms with E-state index in [9.17, 15) is 14.9 Å². The number of hydrogen-bond donors (Lipinski definition) is 3. The van der Waals surface area contributed by atoms with Gasteiger partial charge < -0.3 is 20.9 Å². The molecule has 9 nitrogen and oxygen atoms in total. The third kappa shape index (κ3) is 5.50. The maximum Gasteiger partial charge on any atom is 0.320 e. The summed E-state index contributed by atoms with van der Waals surface area (Å²) in [5.74, 6) is 0.667. The van der Waals surface area contributed by atoms with Gasteiger partial charge in [0.25, 0.3) is 5.69 Å². The summed E-state index contributed by atoms with van der Waals surface area (Å²) in [6, 6.07) is 16.1. The fourth-order valence-corrected chi connectivity index (χ4v) is 2.49. The monoisotopic (exact) mass is 394 g/mol. The Bertz CT molecular complexity index is 989. The van der Waals surface area contributed by atoms with Gasteiger partial charge in [-0.25, -0.2) is 4.98 Å². The summed E-state index contributed by atoms with van der Waals surface area (Å²) >= 11 is 0. The average Bonchev–Trinajstić information content (AvgIpc) is 2.71. The van der Waals surface area contributed by atoms with E-state index in [1.807, 2.05) is 0 Å². The number of carboxylic acids is 1. The highest BCUT2D eigenvalue weighted by atomic mass is 16.6. The molecule has 0 amide bonds. The second kappa shape index (κ2) is 8.81. The number of rotatable bonds is 8. The number of ether oxygens (including phenoxy) is 1. The van der Waals surface area contributed by atoms with Gasteiger partial charge in [-0.1, -0.05) is 12.1 Å². The topological polar surface area (TPSA) is 141 Å². The fourth-order valence-electron chi connectivity index (χ4n) is 2.49. The summed E-state index contributed by atoms with van der Waals surface area (Å²) in [5.41, 5.74) is 7.01. The van der Waals surface area contributed by atoms with Crippen LogP contribution in [0.3, 0.4) is 0 Å². The van der Waals surface area contributed by atoms with E-state index in [2.05, 4.69) is 10.3 Å². The highest BCUT2D eigenvalue weighted by Crippen LogP contribution is 2.25. The average molecular weight is 394 g/mol. The number of aliphatic carboxylic acids is 1. The normalized spacial score (nSPS) is 11.5. The van der Waals surface area contributed by atoms with Crippen molar-refractivity contribution in [3.8, 4) is 11.5 Å². The standard InChI is InChI=1S/C20H18N4O5/c21-18(20(25)26)11-13-1-6-16(7-2-13)29-17-8-3-14(4-9-17)23-19-10-5-15(12-22-19)24(27)28/h1-10,12,18H,11,21H2,(H,22,23)(H,25,26). The molecule has 29 heavy (non-hydrogen) atoms. The van der Waals surface area contributed by atoms with Gasteiger partial charge in [-0.15, -0.1) is 0 Å². The van der Waals surface area contributed by atoms with E-state index in [1.54, 1.807) is 48.5 Å². The van der Waals surface area contributed by atoms with Gasteiger partial charge in [0.15, 0.2) is 0 Å². The van der Waals surface area contributed by atoms with Gasteiger partial charge in [-0.2, -0.15) is 0 Å². The molecule has 9 heteroatoms. The van der Waals surface area contributed by atoms with E-state index < -0.39 is 16.9 Å². The molecule has 1 atom stereocenters. The number of carboxylic acid groups (broad SMARTS) is 1. The molecule has 0 radical (unpaired) electrons. The van der Waals surface area contributed by atoms with Gasteiger partial charge in [0, 0.05) is 11.8 Å². The van der Waals surface area contributed by atoms with Crippen molar-refractivity contribution in [2.75, 3.05) is 5.32 Å². The first-order valence-corrected chi connectivity index (χ1v) is 8.63. The van der Waals surface area contributed by atoms with Crippen molar-refractivity contribution in [1.82, 2.24) is 4.98 Å². The van der Waals surface area contributed by atoms with Gasteiger partial charge in [0.1, 0.15) is 29.6 Å². The first kappa shape index (κ1) is 19.8. The molecule has 0 aliphatic carbocycles. The first-order valence-electron chi connectivity index (χ1n) is 8.63. The van der Waals surface area contributed by atoms with Gasteiger partial charge in [-0.05, 0) is 54.4 Å². The number of hydrogen-bond acceptors (Lipinski definition) is 7. The molecule has 148 valence electrons. The molecule has 0 bridgehead atoms. The minimum atomic E-state index is -1.04. The largest absolute Gasteiger partial charge is 0.480 e. The van der Waals surface area contributed by atoms with Crippen molar-refractivity contribution in [3.63, 3.8) is 0 Å². The number of anilines is 2. The van der Waals surface area contributed by atoms with Crippen LogP contribution in [-0.4, -0.2) is 27.0 Å². The Balaban J connectivity index is 1.58. The Hall–Kier alpha value is -3.98. The van der Waals surface area contributed by atoms with Crippen LogP contribution >= 0.6 is 0 Å². The van der Waals surface area contributed by atoms with E-state index in [1.165, 1.54) is 18.3 Å². The second-order valence-corrected chi connectivity index (χ2v) is 6.20. The lowest BCUT2D eigenvalue weighted by molar-refractivity contribution is -0.385. The maximum absolute atomic E-state index is 10.8. The third-order valence-electron chi connectivity index (χ3n) is 4.02. The summed E-state index contributed by atoms with van der Waals surface area (Å²) in [5, 5.41) is 22.6. The van der Waals surface area contributed by atoms with Crippen LogP contribution in [0.15, 0.2) is 66.9 Å². The molecule has 1 heterocycles. The van der Waals surface area contributed by atoms with Gasteiger partial charge in [0.05, 0.1) is 4.92 Å². The van der Waals surface area contributed by atoms with Gasteiger partial charge >= 0.3 is 5.97 Å². The maximum atomic E-state index is 10.8. The quantitative estimate of drug-likeness (QED) is 0.389. The fraction of sp³-hybridized carbons (Fsp3) is 0.100. The predicted octanol–water partition coefficient (Wildman–Crippen LogP) is 3.48. The lowest BCUT2D eigenvalue weighted by atomic mass is 10.1. The summed E-state index contributed by atoms with van der Waals surface area (Å²) < 4.78 is 5.77. The molecule has 1 aromatic heterocycles. The third-order valence-corrected chi connectivity index (χ3v) is 4.02. The Labute approximate surface area is 165 Å². The van der Waals surface area contributed by atoms with E-state index in [-0.39, 0.29) is 12.1 Å². The molecule has 0 saturated carbocycles. The lowest BCUT2D eigenvalue weighted by Gasteiger charge is -2.10. The van der Waals surface area contributed by atoms with Crippen LogP contribution < -0.4 is 15.8 Å². The molecule has 0 aliphatic rings. The highest BCUT2D eigenvalue weighted by Gasteiger charge is 2.12. The SMILES string of the molecule is NC(Cc1ccc(Oc2ccc(Nc3ccc([N+](=O)[O-])cn3)cc2)cc1)C(=O)O. The second-order valence-electron chi connectivity index (χ2n) is 6.20. The molecule has 0 aliphatic heterocycles. The van der Waals surface area contributed by atoms with E-state index in [0.29, 0.717) is 17.3 Å². The molecule has 0 saturated heterocycles. The van der Waals surface area contributed by atoms with Crippen LogP contribution in [0, 0.1) is 10.1 Å². The van der Waals surface area contributed by atoms with Crippen LogP contribution in [0.2, 0.25) is 0 Å². The summed E-state index contributed by atoms with van der Waals surface area (Å²) in [4.78, 5) is 25.0. The number of aromatic nitrogens is 1. The molecule has 4 N–H and O–H groups in total. The van der Waals surface area contributed by atoms with Gasteiger partial charge in [0.2, 0.25) is 0 Å². The zero-order valence-electron chi connectivity index (χ0n) is 15.2. The Morgan fingerprint density at radius 2 is 1.72 bits per heavy atom. The molecular formula is C20H18N4O5. The first-order chi connectivity index (χ1) is 13.9. The van der Waals surface area contributed by atoms with Crippen molar-refractivity contribution >= 4 is 23.2 Å². The summed E-state index contributed by atoms with van der Waals surface area (Å²) in [6.45, 7) is 0. The minimum absolute atomic E-state index is 0.0738. The van der Waals surface area contributed by atoms with E-state index in [4.69, 9.17) is 15.6 Å². The number of nitro groups is 1. The summed E-state index contributed by atoms with van der Waals surface area (Å²) in [6.07, 6.45) is 1.43. The number of benzene rings is 2. The smallest absolute Gasteiger partial charge is 0.320 e. The molecule has 2 aromatic carbocycles. The number of nitrogens with zero attached hydrogens (tertiary/aromatic N) is 2. The predicted molar refractivity (Wildman–Crippen MR) is 106 cm³/mol. The van der Waals surface area contributed by atoms with Crippen molar-refractivity contribution in [2.45, 2.75) is 12.5 Å². The van der Waals surface area contributed by atoms with Crippen LogP contribution in [0.5, 0.6) is 11.5 Å². The lowest BCUT2D eigenvalue weighted by Crippen LogP contribution is -2.32. The number of nitrogens with two attached hydrogens (primary N) is 1. The van der Waals surface area contributed by atoms with Crippen LogP contribution in [0.1, 0.15) is 5.56 Å². The van der Waals surface area contributed by atoms with E-state index >= 15 is 0 Å². The number of nitrogens with one attached hydrogen (secondary N) is 1. The Kier molecular flexibility index (Phi) is 6.00. The van der Waals surface area contributed by atoms with Crippen LogP contribution in [0.25, 0.3) is 0 Å². The van der Waals surface area contributed by atoms with Crippen molar-refractivity contribution in [2.24, 2.45) is 5.73 Å². The minimum Gasteiger partial charge on any atom is -0.480 e. The molecular weight excluding hydrogens is 376 g/mol. The van der Waals surface area contributed by atoms with Gasteiger partial charge in [-0.3, -0.25) is 14.9 Å². The zero-order valence-corrected chi connectivity index (χ0v) is 15.2. The number of pyridine rings is 1. The van der Waals surface area contributed by atoms with E-state index in [0.717, 1.165) is 11.3 Å². The molecule has 1 unspecified atom stereocenters. The van der Waals surface area contributed by atoms with Crippen LogP contribution in [0.4, 0.5) is 17.2 Å². The molecule has 0 spiro atoms. The van der Waals surface area contributed by atoms with Crippen LogP contribution in [-0.2, 0) is 11.2 Å². The van der Waals surface area contributed by atoms with Crippen molar-refractivity contribution < 1.29 is 19.6 Å².